The maximum atomic E-state index is 9.32. The number of aromatic nitrogens is 1. The summed E-state index contributed by atoms with van der Waals surface area (Å²) < 4.78 is 10.9. The van der Waals surface area contributed by atoms with Crippen molar-refractivity contribution >= 4 is 22.9 Å². The number of aliphatic hydroxyl groups excluding tert-OH is 1. The second kappa shape index (κ2) is 6.04. The molecule has 6 heteroatoms. The molecule has 1 aromatic carbocycles. The summed E-state index contributed by atoms with van der Waals surface area (Å²) in [6.45, 7) is 0.227. The van der Waals surface area contributed by atoms with E-state index in [1.807, 2.05) is 0 Å². The molecule has 1 aromatic heterocycles. The molecule has 96 valence electrons. The van der Waals surface area contributed by atoms with Crippen LogP contribution >= 0.6 is 22.9 Å². The van der Waals surface area contributed by atoms with Crippen LogP contribution in [-0.4, -0.2) is 17.2 Å². The summed E-state index contributed by atoms with van der Waals surface area (Å²) in [5.74, 6) is 1.02. The topological polar surface area (TPSA) is 51.6 Å². The highest BCUT2D eigenvalue weighted by molar-refractivity contribution is 7.09. The fourth-order valence-corrected chi connectivity index (χ4v) is 2.25. The predicted molar refractivity (Wildman–Crippen MR) is 70.4 cm³/mol. The van der Waals surface area contributed by atoms with E-state index in [1.165, 1.54) is 18.4 Å². The number of hydrogen-bond donors (Lipinski definition) is 1. The quantitative estimate of drug-likeness (QED) is 0.918. The van der Waals surface area contributed by atoms with Crippen molar-refractivity contribution in [3.63, 3.8) is 0 Å². The normalized spacial score (nSPS) is 10.4. The summed E-state index contributed by atoms with van der Waals surface area (Å²) in [6, 6.07) is 3.31. The highest BCUT2D eigenvalue weighted by Crippen LogP contribution is 2.35. The molecule has 0 saturated carbocycles. The molecule has 18 heavy (non-hydrogen) atoms. The minimum absolute atomic E-state index is 0.158. The van der Waals surface area contributed by atoms with E-state index in [9.17, 15) is 5.11 Å². The van der Waals surface area contributed by atoms with Gasteiger partial charge in [-0.25, -0.2) is 0 Å². The number of hydrogen-bond acceptors (Lipinski definition) is 5. The van der Waals surface area contributed by atoms with Crippen molar-refractivity contribution in [1.29, 1.82) is 0 Å². The third-order valence-corrected chi connectivity index (χ3v) is 3.30. The van der Waals surface area contributed by atoms with Gasteiger partial charge in [-0.1, -0.05) is 11.6 Å². The molecule has 0 spiro atoms. The first-order chi connectivity index (χ1) is 8.74. The molecule has 0 saturated heterocycles. The van der Waals surface area contributed by atoms with Crippen LogP contribution in [0.25, 0.3) is 0 Å². The Balaban J connectivity index is 2.24. The fourth-order valence-electron chi connectivity index (χ4n) is 1.51. The van der Waals surface area contributed by atoms with Crippen LogP contribution in [0, 0.1) is 0 Å². The fraction of sp³-hybridized carbons (Fsp3) is 0.250. The Morgan fingerprint density at radius 3 is 2.89 bits per heavy atom. The van der Waals surface area contributed by atoms with Crippen molar-refractivity contribution in [2.24, 2.45) is 0 Å². The minimum Gasteiger partial charge on any atom is -0.493 e. The molecular weight excluding hydrogens is 274 g/mol. The molecule has 0 amide bonds. The standard InChI is InChI=1S/C12H12ClNO3S/c1-16-11-3-9(13)2-8(5-15)12(11)17-6-10-4-14-7-18-10/h2-4,7,15H,5-6H2,1H3. The number of thiazole rings is 1. The summed E-state index contributed by atoms with van der Waals surface area (Å²) in [4.78, 5) is 4.97. The van der Waals surface area contributed by atoms with Crippen LogP contribution in [0.3, 0.4) is 0 Å². The van der Waals surface area contributed by atoms with Gasteiger partial charge < -0.3 is 14.6 Å². The maximum Gasteiger partial charge on any atom is 0.167 e. The van der Waals surface area contributed by atoms with E-state index in [4.69, 9.17) is 21.1 Å². The first kappa shape index (κ1) is 13.1. The zero-order chi connectivity index (χ0) is 13.0. The van der Waals surface area contributed by atoms with Gasteiger partial charge in [0.15, 0.2) is 11.5 Å². The van der Waals surface area contributed by atoms with Gasteiger partial charge in [0.1, 0.15) is 6.61 Å². The van der Waals surface area contributed by atoms with Crippen molar-refractivity contribution in [1.82, 2.24) is 4.98 Å². The van der Waals surface area contributed by atoms with Gasteiger partial charge in [-0.05, 0) is 6.07 Å². The second-order valence-electron chi connectivity index (χ2n) is 3.51. The van der Waals surface area contributed by atoms with E-state index in [2.05, 4.69) is 4.98 Å². The van der Waals surface area contributed by atoms with E-state index in [0.717, 1.165) is 4.88 Å². The Morgan fingerprint density at radius 1 is 1.44 bits per heavy atom. The number of halogens is 1. The molecule has 0 aliphatic carbocycles. The molecule has 2 aromatic rings. The summed E-state index contributed by atoms with van der Waals surface area (Å²) in [7, 11) is 1.53. The Hall–Kier alpha value is -1.30. The lowest BCUT2D eigenvalue weighted by atomic mass is 10.2. The van der Waals surface area contributed by atoms with Gasteiger partial charge in [0.05, 0.1) is 24.1 Å². The van der Waals surface area contributed by atoms with Crippen LogP contribution in [0.15, 0.2) is 23.8 Å². The minimum atomic E-state index is -0.158. The lowest BCUT2D eigenvalue weighted by Crippen LogP contribution is -2.00. The number of ether oxygens (including phenoxy) is 2. The number of benzene rings is 1. The molecule has 2 rings (SSSR count). The smallest absolute Gasteiger partial charge is 0.167 e. The number of aliphatic hydroxyl groups is 1. The van der Waals surface area contributed by atoms with Crippen molar-refractivity contribution in [3.8, 4) is 11.5 Å². The number of rotatable bonds is 5. The average Bonchev–Trinajstić information content (AvgIpc) is 2.89. The number of nitrogens with zero attached hydrogens (tertiary/aromatic N) is 1. The van der Waals surface area contributed by atoms with E-state index < -0.39 is 0 Å². The molecule has 1 heterocycles. The number of methoxy groups -OCH3 is 1. The van der Waals surface area contributed by atoms with Crippen LogP contribution in [0.4, 0.5) is 0 Å². The highest BCUT2D eigenvalue weighted by atomic mass is 35.5. The molecule has 0 radical (unpaired) electrons. The summed E-state index contributed by atoms with van der Waals surface area (Å²) in [5.41, 5.74) is 2.34. The van der Waals surface area contributed by atoms with Gasteiger partial charge >= 0.3 is 0 Å². The molecular formula is C12H12ClNO3S. The van der Waals surface area contributed by atoms with E-state index >= 15 is 0 Å². The zero-order valence-corrected chi connectivity index (χ0v) is 11.3. The Labute approximate surface area is 114 Å². The first-order valence-corrected chi connectivity index (χ1v) is 6.47. The van der Waals surface area contributed by atoms with Gasteiger partial charge in [-0.15, -0.1) is 11.3 Å². The van der Waals surface area contributed by atoms with Gasteiger partial charge in [0, 0.05) is 22.8 Å². The van der Waals surface area contributed by atoms with Crippen molar-refractivity contribution < 1.29 is 14.6 Å². The Kier molecular flexibility index (Phi) is 4.41. The van der Waals surface area contributed by atoms with E-state index in [1.54, 1.807) is 23.8 Å². The third-order valence-electron chi connectivity index (χ3n) is 2.33. The van der Waals surface area contributed by atoms with Crippen molar-refractivity contribution in [2.75, 3.05) is 7.11 Å². The van der Waals surface area contributed by atoms with E-state index in [-0.39, 0.29) is 6.61 Å². The summed E-state index contributed by atoms with van der Waals surface area (Å²) in [6.07, 6.45) is 1.74. The summed E-state index contributed by atoms with van der Waals surface area (Å²) in [5, 5.41) is 9.82. The van der Waals surface area contributed by atoms with Crippen LogP contribution in [0.5, 0.6) is 11.5 Å². The maximum absolute atomic E-state index is 9.32. The molecule has 0 unspecified atom stereocenters. The van der Waals surface area contributed by atoms with Gasteiger partial charge in [0.25, 0.3) is 0 Å². The second-order valence-corrected chi connectivity index (χ2v) is 4.92. The monoisotopic (exact) mass is 285 g/mol. The van der Waals surface area contributed by atoms with Crippen LogP contribution in [-0.2, 0) is 13.2 Å². The molecule has 0 aliphatic heterocycles. The van der Waals surface area contributed by atoms with Gasteiger partial charge in [-0.2, -0.15) is 0 Å². The molecule has 0 atom stereocenters. The van der Waals surface area contributed by atoms with Crippen molar-refractivity contribution in [2.45, 2.75) is 13.2 Å². The zero-order valence-electron chi connectivity index (χ0n) is 9.72. The van der Waals surface area contributed by atoms with Crippen LogP contribution in [0.2, 0.25) is 5.02 Å². The van der Waals surface area contributed by atoms with Crippen molar-refractivity contribution in [3.05, 3.63) is 39.3 Å². The average molecular weight is 286 g/mol. The van der Waals surface area contributed by atoms with Crippen LogP contribution < -0.4 is 9.47 Å². The third kappa shape index (κ3) is 2.93. The molecule has 0 aliphatic rings. The molecule has 4 nitrogen and oxygen atoms in total. The van der Waals surface area contributed by atoms with E-state index in [0.29, 0.717) is 28.7 Å². The largest absolute Gasteiger partial charge is 0.493 e. The van der Waals surface area contributed by atoms with Gasteiger partial charge in [0.2, 0.25) is 0 Å². The van der Waals surface area contributed by atoms with Gasteiger partial charge in [-0.3, -0.25) is 4.98 Å². The SMILES string of the molecule is COc1cc(Cl)cc(CO)c1OCc1cncs1. The predicted octanol–water partition coefficient (Wildman–Crippen LogP) is 2.88. The summed E-state index contributed by atoms with van der Waals surface area (Å²) >= 11 is 7.43. The highest BCUT2D eigenvalue weighted by Gasteiger charge is 2.12. The molecule has 0 bridgehead atoms. The Morgan fingerprint density at radius 2 is 2.28 bits per heavy atom. The lowest BCUT2D eigenvalue weighted by Gasteiger charge is -2.14. The van der Waals surface area contributed by atoms with Crippen LogP contribution in [0.1, 0.15) is 10.4 Å². The first-order valence-electron chi connectivity index (χ1n) is 5.22. The Bertz CT molecular complexity index is 491. The molecule has 0 fully saturated rings. The lowest BCUT2D eigenvalue weighted by molar-refractivity contribution is 0.251. The molecule has 1 N–H and O–H groups in total.